The standard InChI is InChI=1S/C22H34N2O/c1-18(16-19-8-4-2-5-9-19)17-24-14-12-21(13-15-24)23-22(25)20-10-6-3-7-11-20/h3,6-7,10-11,18-19,21H,2,4-5,8-9,12-17H2,1H3,(H,23,25). The first kappa shape index (κ1) is 18.4. The van der Waals surface area contributed by atoms with Crippen molar-refractivity contribution >= 4 is 5.91 Å². The minimum Gasteiger partial charge on any atom is -0.349 e. The molecule has 0 aromatic heterocycles. The fraction of sp³-hybridized carbons (Fsp3) is 0.682. The van der Waals surface area contributed by atoms with Gasteiger partial charge in [-0.2, -0.15) is 0 Å². The van der Waals surface area contributed by atoms with Crippen LogP contribution in [0.2, 0.25) is 0 Å². The zero-order chi connectivity index (χ0) is 17.5. The summed E-state index contributed by atoms with van der Waals surface area (Å²) in [5, 5.41) is 3.21. The highest BCUT2D eigenvalue weighted by molar-refractivity contribution is 5.94. The van der Waals surface area contributed by atoms with E-state index in [9.17, 15) is 4.79 Å². The number of carbonyl (C=O) groups is 1. The quantitative estimate of drug-likeness (QED) is 0.826. The van der Waals surface area contributed by atoms with Gasteiger partial charge in [0.2, 0.25) is 0 Å². The molecule has 2 aliphatic rings. The molecule has 138 valence electrons. The Balaban J connectivity index is 1.36. The summed E-state index contributed by atoms with van der Waals surface area (Å²) in [6.07, 6.45) is 10.8. The average Bonchev–Trinajstić information content (AvgIpc) is 2.65. The van der Waals surface area contributed by atoms with Crippen molar-refractivity contribution in [1.29, 1.82) is 0 Å². The van der Waals surface area contributed by atoms with Crippen LogP contribution in [0.1, 0.15) is 68.6 Å². The zero-order valence-corrected chi connectivity index (χ0v) is 15.8. The van der Waals surface area contributed by atoms with Crippen LogP contribution in [0.15, 0.2) is 30.3 Å². The predicted molar refractivity (Wildman–Crippen MR) is 104 cm³/mol. The molecule has 1 saturated heterocycles. The minimum absolute atomic E-state index is 0.0738. The third-order valence-corrected chi connectivity index (χ3v) is 5.99. The normalized spacial score (nSPS) is 21.8. The van der Waals surface area contributed by atoms with Crippen LogP contribution in [-0.4, -0.2) is 36.5 Å². The predicted octanol–water partition coefficient (Wildman–Crippen LogP) is 4.49. The molecule has 1 aromatic rings. The average molecular weight is 343 g/mol. The Kier molecular flexibility index (Phi) is 6.92. The molecule has 1 saturated carbocycles. The van der Waals surface area contributed by atoms with Gasteiger partial charge >= 0.3 is 0 Å². The summed E-state index contributed by atoms with van der Waals surface area (Å²) in [6, 6.07) is 9.90. The number of nitrogens with one attached hydrogen (secondary N) is 1. The fourth-order valence-corrected chi connectivity index (χ4v) is 4.63. The monoisotopic (exact) mass is 342 g/mol. The van der Waals surface area contributed by atoms with Gasteiger partial charge in [0.1, 0.15) is 0 Å². The van der Waals surface area contributed by atoms with Gasteiger partial charge in [-0.15, -0.1) is 0 Å². The van der Waals surface area contributed by atoms with E-state index < -0.39 is 0 Å². The van der Waals surface area contributed by atoms with Gasteiger partial charge in [-0.25, -0.2) is 0 Å². The number of amides is 1. The fourth-order valence-electron chi connectivity index (χ4n) is 4.63. The molecule has 3 heteroatoms. The third-order valence-electron chi connectivity index (χ3n) is 5.99. The molecule has 1 aliphatic carbocycles. The van der Waals surface area contributed by atoms with Gasteiger partial charge in [0.25, 0.3) is 5.91 Å². The lowest BCUT2D eigenvalue weighted by molar-refractivity contribution is 0.0903. The molecule has 0 spiro atoms. The maximum Gasteiger partial charge on any atom is 0.251 e. The van der Waals surface area contributed by atoms with Crippen LogP contribution in [0.3, 0.4) is 0 Å². The van der Waals surface area contributed by atoms with Crippen LogP contribution in [-0.2, 0) is 0 Å². The Bertz CT molecular complexity index is 516. The highest BCUT2D eigenvalue weighted by Gasteiger charge is 2.23. The van der Waals surface area contributed by atoms with Crippen LogP contribution >= 0.6 is 0 Å². The van der Waals surface area contributed by atoms with Gasteiger partial charge in [0.05, 0.1) is 0 Å². The molecule has 25 heavy (non-hydrogen) atoms. The molecule has 1 atom stereocenters. The van der Waals surface area contributed by atoms with E-state index >= 15 is 0 Å². The lowest BCUT2D eigenvalue weighted by atomic mass is 9.83. The van der Waals surface area contributed by atoms with Gasteiger partial charge in [-0.1, -0.05) is 57.2 Å². The van der Waals surface area contributed by atoms with Gasteiger partial charge in [0, 0.05) is 31.2 Å². The van der Waals surface area contributed by atoms with E-state index in [1.165, 1.54) is 45.1 Å². The van der Waals surface area contributed by atoms with Gasteiger partial charge < -0.3 is 10.2 Å². The highest BCUT2D eigenvalue weighted by Crippen LogP contribution is 2.29. The van der Waals surface area contributed by atoms with Crippen molar-refractivity contribution in [2.45, 2.75) is 64.3 Å². The molecule has 1 amide bonds. The van der Waals surface area contributed by atoms with Crippen molar-refractivity contribution in [3.05, 3.63) is 35.9 Å². The molecule has 1 unspecified atom stereocenters. The first-order valence-electron chi connectivity index (χ1n) is 10.3. The number of benzene rings is 1. The van der Waals surface area contributed by atoms with E-state index in [1.807, 2.05) is 30.3 Å². The van der Waals surface area contributed by atoms with Crippen LogP contribution in [0.5, 0.6) is 0 Å². The van der Waals surface area contributed by atoms with Crippen molar-refractivity contribution < 1.29 is 4.79 Å². The lowest BCUT2D eigenvalue weighted by Crippen LogP contribution is -2.45. The molecular weight excluding hydrogens is 308 g/mol. The van der Waals surface area contributed by atoms with Crippen LogP contribution in [0, 0.1) is 11.8 Å². The van der Waals surface area contributed by atoms with Crippen molar-refractivity contribution in [3.63, 3.8) is 0 Å². The second-order valence-electron chi connectivity index (χ2n) is 8.26. The number of hydrogen-bond donors (Lipinski definition) is 1. The first-order chi connectivity index (χ1) is 12.2. The second kappa shape index (κ2) is 9.38. The van der Waals surface area contributed by atoms with E-state index in [4.69, 9.17) is 0 Å². The molecule has 1 heterocycles. The van der Waals surface area contributed by atoms with E-state index in [0.717, 1.165) is 43.3 Å². The summed E-state index contributed by atoms with van der Waals surface area (Å²) < 4.78 is 0. The summed E-state index contributed by atoms with van der Waals surface area (Å²) in [4.78, 5) is 14.9. The number of hydrogen-bond acceptors (Lipinski definition) is 2. The number of carbonyl (C=O) groups excluding carboxylic acids is 1. The Morgan fingerprint density at radius 3 is 2.44 bits per heavy atom. The van der Waals surface area contributed by atoms with Crippen LogP contribution in [0.25, 0.3) is 0 Å². The van der Waals surface area contributed by atoms with Crippen molar-refractivity contribution in [3.8, 4) is 0 Å². The largest absolute Gasteiger partial charge is 0.349 e. The van der Waals surface area contributed by atoms with Crippen molar-refractivity contribution in [1.82, 2.24) is 10.2 Å². The molecule has 3 rings (SSSR count). The third kappa shape index (κ3) is 5.85. The Morgan fingerprint density at radius 1 is 1.08 bits per heavy atom. The van der Waals surface area contributed by atoms with Crippen LogP contribution in [0.4, 0.5) is 0 Å². The molecule has 1 N–H and O–H groups in total. The van der Waals surface area contributed by atoms with Gasteiger partial charge in [-0.05, 0) is 43.2 Å². The summed E-state index contributed by atoms with van der Waals surface area (Å²) in [6.45, 7) is 5.90. The number of rotatable bonds is 6. The minimum atomic E-state index is 0.0738. The van der Waals surface area contributed by atoms with Gasteiger partial charge in [-0.3, -0.25) is 4.79 Å². The lowest BCUT2D eigenvalue weighted by Gasteiger charge is -2.35. The Hall–Kier alpha value is -1.35. The second-order valence-corrected chi connectivity index (χ2v) is 8.26. The topological polar surface area (TPSA) is 32.3 Å². The van der Waals surface area contributed by atoms with E-state index in [0.29, 0.717) is 6.04 Å². The maximum atomic E-state index is 12.3. The Morgan fingerprint density at radius 2 is 1.76 bits per heavy atom. The molecule has 0 bridgehead atoms. The molecule has 0 radical (unpaired) electrons. The summed E-state index contributed by atoms with van der Waals surface area (Å²) in [5.74, 6) is 1.86. The number of likely N-dealkylation sites (tertiary alicyclic amines) is 1. The first-order valence-corrected chi connectivity index (χ1v) is 10.3. The zero-order valence-electron chi connectivity index (χ0n) is 15.8. The Labute approximate surface area is 153 Å². The smallest absolute Gasteiger partial charge is 0.251 e. The highest BCUT2D eigenvalue weighted by atomic mass is 16.1. The summed E-state index contributed by atoms with van der Waals surface area (Å²) in [5.41, 5.74) is 0.769. The maximum absolute atomic E-state index is 12.3. The number of nitrogens with zero attached hydrogens (tertiary/aromatic N) is 1. The molecule has 3 nitrogen and oxygen atoms in total. The molecule has 2 fully saturated rings. The van der Waals surface area contributed by atoms with Crippen molar-refractivity contribution in [2.75, 3.05) is 19.6 Å². The SMILES string of the molecule is CC(CC1CCCCC1)CN1CCC(NC(=O)c2ccccc2)CC1. The molecule has 1 aromatic carbocycles. The van der Waals surface area contributed by atoms with E-state index in [-0.39, 0.29) is 5.91 Å². The summed E-state index contributed by atoms with van der Waals surface area (Å²) in [7, 11) is 0. The molecule has 1 aliphatic heterocycles. The van der Waals surface area contributed by atoms with Gasteiger partial charge in [0.15, 0.2) is 0 Å². The summed E-state index contributed by atoms with van der Waals surface area (Å²) >= 11 is 0. The molecular formula is C22H34N2O. The van der Waals surface area contributed by atoms with Crippen LogP contribution < -0.4 is 5.32 Å². The van der Waals surface area contributed by atoms with E-state index in [2.05, 4.69) is 17.1 Å². The van der Waals surface area contributed by atoms with Crippen molar-refractivity contribution in [2.24, 2.45) is 11.8 Å². The van der Waals surface area contributed by atoms with E-state index in [1.54, 1.807) is 0 Å². The number of piperidine rings is 1.